The maximum atomic E-state index is 12.8. The van der Waals surface area contributed by atoms with Gasteiger partial charge >= 0.3 is 5.69 Å². The Kier molecular flexibility index (Phi) is 10.8. The van der Waals surface area contributed by atoms with Crippen molar-refractivity contribution in [2.75, 3.05) is 46.4 Å². The first-order valence-electron chi connectivity index (χ1n) is 13.2. The van der Waals surface area contributed by atoms with Gasteiger partial charge in [-0.1, -0.05) is 19.6 Å². The van der Waals surface area contributed by atoms with E-state index in [4.69, 9.17) is 14.2 Å². The Morgan fingerprint density at radius 1 is 1.00 bits per heavy atom. The van der Waals surface area contributed by atoms with Crippen molar-refractivity contribution in [3.63, 3.8) is 0 Å². The first-order chi connectivity index (χ1) is 18.0. The number of likely N-dealkylation sites (tertiary alicyclic amines) is 2. The van der Waals surface area contributed by atoms with Crippen molar-refractivity contribution in [2.24, 2.45) is 0 Å². The number of hydrogen-bond acceptors (Lipinski definition) is 7. The molecule has 0 saturated carbocycles. The lowest BCUT2D eigenvalue weighted by Crippen LogP contribution is -2.43. The fourth-order valence-corrected chi connectivity index (χ4v) is 5.18. The SMILES string of the molecule is C.CCOc1cc(OC2CCN(C(=O)CCN3CCC(c4ccc(OC)cc4)CC3)CC2)ccc1[N+](=O)[O-]. The van der Waals surface area contributed by atoms with E-state index in [0.29, 0.717) is 37.8 Å². The topological polar surface area (TPSA) is 94.4 Å². The molecule has 9 heteroatoms. The van der Waals surface area contributed by atoms with E-state index in [1.165, 1.54) is 11.6 Å². The summed E-state index contributed by atoms with van der Waals surface area (Å²) in [6, 6.07) is 13.0. The Hall–Kier alpha value is -3.33. The van der Waals surface area contributed by atoms with Gasteiger partial charge in [0.25, 0.3) is 0 Å². The van der Waals surface area contributed by atoms with Crippen molar-refractivity contribution in [3.05, 3.63) is 58.1 Å². The molecule has 2 aliphatic rings. The largest absolute Gasteiger partial charge is 0.497 e. The summed E-state index contributed by atoms with van der Waals surface area (Å²) in [6.45, 7) is 6.27. The molecule has 0 bridgehead atoms. The number of hydrogen-bond donors (Lipinski definition) is 0. The molecule has 2 saturated heterocycles. The summed E-state index contributed by atoms with van der Waals surface area (Å²) in [5.74, 6) is 2.42. The lowest BCUT2D eigenvalue weighted by Gasteiger charge is -2.34. The summed E-state index contributed by atoms with van der Waals surface area (Å²) in [4.78, 5) is 27.9. The number of ether oxygens (including phenoxy) is 3. The molecule has 2 aromatic carbocycles. The Labute approximate surface area is 225 Å². The Morgan fingerprint density at radius 3 is 2.26 bits per heavy atom. The number of carbonyl (C=O) groups is 1. The third kappa shape index (κ3) is 7.60. The van der Waals surface area contributed by atoms with Gasteiger partial charge in [0.05, 0.1) is 18.6 Å². The summed E-state index contributed by atoms with van der Waals surface area (Å²) in [6.07, 6.45) is 4.20. The summed E-state index contributed by atoms with van der Waals surface area (Å²) in [5, 5.41) is 11.2. The first kappa shape index (κ1) is 29.2. The second kappa shape index (κ2) is 14.0. The zero-order valence-corrected chi connectivity index (χ0v) is 21.8. The average Bonchev–Trinajstić information content (AvgIpc) is 2.93. The van der Waals surface area contributed by atoms with Crippen molar-refractivity contribution in [3.8, 4) is 17.2 Å². The number of methoxy groups -OCH3 is 1. The number of nitro benzene ring substituents is 1. The molecule has 0 spiro atoms. The molecular weight excluding hydrogens is 486 g/mol. The number of nitrogens with zero attached hydrogens (tertiary/aromatic N) is 3. The predicted molar refractivity (Wildman–Crippen MR) is 147 cm³/mol. The Balaban J connectivity index is 0.00000400. The molecular formula is C29H41N3O6. The Morgan fingerprint density at radius 2 is 1.66 bits per heavy atom. The van der Waals surface area contributed by atoms with Gasteiger partial charge in [-0.25, -0.2) is 0 Å². The summed E-state index contributed by atoms with van der Waals surface area (Å²) in [7, 11) is 1.69. The maximum absolute atomic E-state index is 12.8. The molecule has 2 aromatic rings. The van der Waals surface area contributed by atoms with Crippen molar-refractivity contribution in [1.82, 2.24) is 9.80 Å². The molecule has 2 fully saturated rings. The molecule has 38 heavy (non-hydrogen) atoms. The van der Waals surface area contributed by atoms with E-state index in [1.807, 2.05) is 17.0 Å². The quantitative estimate of drug-likeness (QED) is 0.307. The van der Waals surface area contributed by atoms with Crippen LogP contribution in [0.3, 0.4) is 0 Å². The van der Waals surface area contributed by atoms with Gasteiger partial charge in [0, 0.05) is 51.0 Å². The number of nitro groups is 1. The van der Waals surface area contributed by atoms with Crippen molar-refractivity contribution < 1.29 is 23.9 Å². The molecule has 0 radical (unpaired) electrons. The van der Waals surface area contributed by atoms with Gasteiger partial charge in [-0.3, -0.25) is 14.9 Å². The van der Waals surface area contributed by atoms with Gasteiger partial charge in [0.2, 0.25) is 11.7 Å². The van der Waals surface area contributed by atoms with E-state index in [1.54, 1.807) is 26.2 Å². The molecule has 2 aliphatic heterocycles. The van der Waals surface area contributed by atoms with Crippen LogP contribution in [0.25, 0.3) is 0 Å². The van der Waals surface area contributed by atoms with Crippen LogP contribution in [0.1, 0.15) is 57.9 Å². The van der Waals surface area contributed by atoms with Crippen molar-refractivity contribution >= 4 is 11.6 Å². The minimum Gasteiger partial charge on any atom is -0.497 e. The standard InChI is InChI=1S/C28H37N3O6.CH4/c1-3-36-27-20-25(8-9-26(27)31(33)34)37-24-12-18-30(19-13-24)28(32)14-17-29-15-10-22(11-16-29)21-4-6-23(35-2)7-5-21;/h4-9,20,22,24H,3,10-19H2,1-2H3;1H4. The number of carbonyl (C=O) groups excluding carboxylic acids is 1. The molecule has 4 rings (SSSR count). The monoisotopic (exact) mass is 527 g/mol. The zero-order valence-electron chi connectivity index (χ0n) is 21.8. The van der Waals surface area contributed by atoms with E-state index in [0.717, 1.165) is 51.1 Å². The highest BCUT2D eigenvalue weighted by Crippen LogP contribution is 2.33. The predicted octanol–water partition coefficient (Wildman–Crippen LogP) is 5.28. The van der Waals surface area contributed by atoms with Crippen LogP contribution in [-0.2, 0) is 4.79 Å². The van der Waals surface area contributed by atoms with Gasteiger partial charge < -0.3 is 24.0 Å². The highest BCUT2D eigenvalue weighted by atomic mass is 16.6. The van der Waals surface area contributed by atoms with Crippen LogP contribution in [0.2, 0.25) is 0 Å². The lowest BCUT2D eigenvalue weighted by molar-refractivity contribution is -0.385. The lowest BCUT2D eigenvalue weighted by atomic mass is 9.89. The minimum absolute atomic E-state index is 0. The first-order valence-corrected chi connectivity index (χ1v) is 13.2. The summed E-state index contributed by atoms with van der Waals surface area (Å²) >= 11 is 0. The van der Waals surface area contributed by atoms with Crippen molar-refractivity contribution in [1.29, 1.82) is 0 Å². The average molecular weight is 528 g/mol. The zero-order chi connectivity index (χ0) is 26.2. The van der Waals surface area contributed by atoms with Crippen LogP contribution in [0.15, 0.2) is 42.5 Å². The van der Waals surface area contributed by atoms with Gasteiger partial charge in [-0.15, -0.1) is 0 Å². The van der Waals surface area contributed by atoms with Crippen molar-refractivity contribution in [2.45, 2.75) is 58.5 Å². The number of amides is 1. The molecule has 0 unspecified atom stereocenters. The molecule has 0 atom stereocenters. The molecule has 0 aromatic heterocycles. The number of benzene rings is 2. The maximum Gasteiger partial charge on any atom is 0.311 e. The summed E-state index contributed by atoms with van der Waals surface area (Å²) < 4.78 is 16.7. The van der Waals surface area contributed by atoms with Gasteiger partial charge in [0.15, 0.2) is 0 Å². The van der Waals surface area contributed by atoms with Gasteiger partial charge in [-0.2, -0.15) is 0 Å². The highest BCUT2D eigenvalue weighted by Gasteiger charge is 2.26. The molecule has 1 amide bonds. The fourth-order valence-electron chi connectivity index (χ4n) is 5.18. The third-order valence-corrected chi connectivity index (χ3v) is 7.34. The van der Waals surface area contributed by atoms with Crippen LogP contribution >= 0.6 is 0 Å². The smallest absolute Gasteiger partial charge is 0.311 e. The normalized spacial score (nSPS) is 16.9. The molecule has 9 nitrogen and oxygen atoms in total. The second-order valence-corrected chi connectivity index (χ2v) is 9.66. The molecule has 0 aliphatic carbocycles. The van der Waals surface area contributed by atoms with E-state index in [-0.39, 0.29) is 30.9 Å². The van der Waals surface area contributed by atoms with Gasteiger partial charge in [-0.05, 0) is 62.5 Å². The third-order valence-electron chi connectivity index (χ3n) is 7.34. The van der Waals surface area contributed by atoms with E-state index in [9.17, 15) is 14.9 Å². The minimum atomic E-state index is -0.456. The van der Waals surface area contributed by atoms with Crippen LogP contribution in [-0.4, -0.2) is 73.2 Å². The molecule has 0 N–H and O–H groups in total. The van der Waals surface area contributed by atoms with Crippen LogP contribution < -0.4 is 14.2 Å². The van der Waals surface area contributed by atoms with Crippen LogP contribution in [0.4, 0.5) is 5.69 Å². The molecule has 208 valence electrons. The molecule has 2 heterocycles. The number of rotatable bonds is 10. The van der Waals surface area contributed by atoms with E-state index < -0.39 is 4.92 Å². The Bertz CT molecular complexity index is 1040. The van der Waals surface area contributed by atoms with Gasteiger partial charge in [0.1, 0.15) is 17.6 Å². The second-order valence-electron chi connectivity index (χ2n) is 9.66. The number of piperidine rings is 2. The summed E-state index contributed by atoms with van der Waals surface area (Å²) in [5.41, 5.74) is 1.30. The highest BCUT2D eigenvalue weighted by molar-refractivity contribution is 5.76. The van der Waals surface area contributed by atoms with Crippen LogP contribution in [0, 0.1) is 10.1 Å². The van der Waals surface area contributed by atoms with E-state index >= 15 is 0 Å². The van der Waals surface area contributed by atoms with E-state index in [2.05, 4.69) is 17.0 Å². The van der Waals surface area contributed by atoms with Crippen LogP contribution in [0.5, 0.6) is 17.2 Å². The fraction of sp³-hybridized carbons (Fsp3) is 0.552.